The van der Waals surface area contributed by atoms with Crippen LogP contribution in [0.5, 0.6) is 11.5 Å². The number of nitrogens with zero attached hydrogens (tertiary/aromatic N) is 2. The van der Waals surface area contributed by atoms with Gasteiger partial charge in [-0.15, -0.1) is 0 Å². The normalized spacial score (nSPS) is 14.0. The Morgan fingerprint density at radius 3 is 2.38 bits per heavy atom. The lowest BCUT2D eigenvalue weighted by atomic mass is 10.1. The topological polar surface area (TPSA) is 42.0 Å². The van der Waals surface area contributed by atoms with E-state index in [9.17, 15) is 4.79 Å². The van der Waals surface area contributed by atoms with Gasteiger partial charge in [0.1, 0.15) is 0 Å². The number of hydrogen-bond donors (Lipinski definition) is 0. The van der Waals surface area contributed by atoms with Crippen LogP contribution >= 0.6 is 0 Å². The number of anilines is 2. The molecule has 24 heavy (non-hydrogen) atoms. The molecule has 2 aromatic carbocycles. The summed E-state index contributed by atoms with van der Waals surface area (Å²) < 4.78 is 10.6. The fraction of sp³-hybridized carbons (Fsp3) is 0.316. The Labute approximate surface area is 142 Å². The van der Waals surface area contributed by atoms with Crippen molar-refractivity contribution in [3.05, 3.63) is 48.0 Å². The summed E-state index contributed by atoms with van der Waals surface area (Å²) in [5, 5.41) is 0. The van der Waals surface area contributed by atoms with Crippen LogP contribution < -0.4 is 19.3 Å². The Bertz CT molecular complexity index is 745. The molecule has 0 fully saturated rings. The standard InChI is InChI=1S/C19H22N2O3/c1-20-11-6-12-21(16-8-5-4-7-15(16)20)19(22)14-9-10-17(23-2)18(13-14)24-3/h4-5,7-10,13H,6,11-12H2,1-3H3. The number of carbonyl (C=O) groups excluding carboxylic acids is 1. The smallest absolute Gasteiger partial charge is 0.258 e. The van der Waals surface area contributed by atoms with Crippen LogP contribution in [0.1, 0.15) is 16.8 Å². The summed E-state index contributed by atoms with van der Waals surface area (Å²) in [7, 11) is 5.21. The molecular weight excluding hydrogens is 304 g/mol. The van der Waals surface area contributed by atoms with Crippen molar-refractivity contribution >= 4 is 17.3 Å². The lowest BCUT2D eigenvalue weighted by Crippen LogP contribution is -2.31. The monoisotopic (exact) mass is 326 g/mol. The number of benzene rings is 2. The summed E-state index contributed by atoms with van der Waals surface area (Å²) in [6, 6.07) is 13.3. The number of fused-ring (bicyclic) bond motifs is 1. The summed E-state index contributed by atoms with van der Waals surface area (Å²) in [5.74, 6) is 1.15. The largest absolute Gasteiger partial charge is 0.493 e. The van der Waals surface area contributed by atoms with E-state index in [0.717, 1.165) is 24.3 Å². The highest BCUT2D eigenvalue weighted by molar-refractivity contribution is 6.08. The fourth-order valence-electron chi connectivity index (χ4n) is 3.06. The van der Waals surface area contributed by atoms with Gasteiger partial charge in [0.15, 0.2) is 11.5 Å². The SMILES string of the molecule is COc1ccc(C(=O)N2CCCN(C)c3ccccc32)cc1OC. The molecule has 126 valence electrons. The molecular formula is C19H22N2O3. The first-order valence-electron chi connectivity index (χ1n) is 7.99. The van der Waals surface area contributed by atoms with Gasteiger partial charge in [-0.3, -0.25) is 4.79 Å². The van der Waals surface area contributed by atoms with Crippen molar-refractivity contribution in [2.75, 3.05) is 44.2 Å². The van der Waals surface area contributed by atoms with Gasteiger partial charge in [0.25, 0.3) is 5.91 Å². The quantitative estimate of drug-likeness (QED) is 0.869. The number of methoxy groups -OCH3 is 2. The third-order valence-electron chi connectivity index (χ3n) is 4.33. The third kappa shape index (κ3) is 2.89. The summed E-state index contributed by atoms with van der Waals surface area (Å²) in [6.07, 6.45) is 0.921. The average Bonchev–Trinajstić information content (AvgIpc) is 2.80. The predicted octanol–water partition coefficient (Wildman–Crippen LogP) is 3.19. The molecule has 1 aliphatic rings. The van der Waals surface area contributed by atoms with Gasteiger partial charge in [0.2, 0.25) is 0 Å². The molecule has 0 unspecified atom stereocenters. The van der Waals surface area contributed by atoms with Crippen molar-refractivity contribution in [3.8, 4) is 11.5 Å². The van der Waals surface area contributed by atoms with E-state index in [1.165, 1.54) is 0 Å². The molecule has 0 saturated carbocycles. The second-order valence-electron chi connectivity index (χ2n) is 5.79. The van der Waals surface area contributed by atoms with E-state index in [1.807, 2.05) is 23.1 Å². The van der Waals surface area contributed by atoms with Gasteiger partial charge in [-0.25, -0.2) is 0 Å². The Balaban J connectivity index is 1.99. The highest BCUT2D eigenvalue weighted by Gasteiger charge is 2.24. The van der Waals surface area contributed by atoms with E-state index in [4.69, 9.17) is 9.47 Å². The summed E-state index contributed by atoms with van der Waals surface area (Å²) in [5.41, 5.74) is 2.60. The molecule has 1 amide bonds. The number of amides is 1. The molecule has 2 aromatic rings. The second-order valence-corrected chi connectivity index (χ2v) is 5.79. The highest BCUT2D eigenvalue weighted by atomic mass is 16.5. The molecule has 0 bridgehead atoms. The van der Waals surface area contributed by atoms with E-state index in [-0.39, 0.29) is 5.91 Å². The minimum Gasteiger partial charge on any atom is -0.493 e. The molecule has 0 aliphatic carbocycles. The van der Waals surface area contributed by atoms with Crippen LogP contribution in [0.15, 0.2) is 42.5 Å². The zero-order valence-electron chi connectivity index (χ0n) is 14.3. The lowest BCUT2D eigenvalue weighted by Gasteiger charge is -2.24. The first-order valence-corrected chi connectivity index (χ1v) is 7.99. The van der Waals surface area contributed by atoms with E-state index < -0.39 is 0 Å². The highest BCUT2D eigenvalue weighted by Crippen LogP contribution is 2.33. The molecule has 0 aromatic heterocycles. The molecule has 0 radical (unpaired) electrons. The number of ether oxygens (including phenoxy) is 2. The van der Waals surface area contributed by atoms with E-state index in [0.29, 0.717) is 23.6 Å². The van der Waals surface area contributed by atoms with E-state index >= 15 is 0 Å². The Morgan fingerprint density at radius 1 is 0.958 bits per heavy atom. The van der Waals surface area contributed by atoms with Crippen LogP contribution in [-0.2, 0) is 0 Å². The third-order valence-corrected chi connectivity index (χ3v) is 4.33. The lowest BCUT2D eigenvalue weighted by molar-refractivity contribution is 0.0987. The fourth-order valence-corrected chi connectivity index (χ4v) is 3.06. The average molecular weight is 326 g/mol. The van der Waals surface area contributed by atoms with Crippen LogP contribution in [0.2, 0.25) is 0 Å². The number of para-hydroxylation sites is 2. The van der Waals surface area contributed by atoms with Crippen molar-refractivity contribution in [2.45, 2.75) is 6.42 Å². The minimum absolute atomic E-state index is 0.0290. The van der Waals surface area contributed by atoms with Crippen LogP contribution in [0.25, 0.3) is 0 Å². The van der Waals surface area contributed by atoms with E-state index in [2.05, 4.69) is 18.0 Å². The van der Waals surface area contributed by atoms with Crippen LogP contribution in [0.4, 0.5) is 11.4 Å². The summed E-state index contributed by atoms with van der Waals surface area (Å²) in [6.45, 7) is 1.61. The van der Waals surface area contributed by atoms with Crippen LogP contribution in [0.3, 0.4) is 0 Å². The zero-order chi connectivity index (χ0) is 17.1. The van der Waals surface area contributed by atoms with Crippen LogP contribution in [0, 0.1) is 0 Å². The molecule has 0 atom stereocenters. The Kier molecular flexibility index (Phi) is 4.60. The summed E-state index contributed by atoms with van der Waals surface area (Å²) >= 11 is 0. The van der Waals surface area contributed by atoms with Crippen molar-refractivity contribution < 1.29 is 14.3 Å². The van der Waals surface area contributed by atoms with Crippen molar-refractivity contribution in [1.29, 1.82) is 0 Å². The van der Waals surface area contributed by atoms with Gasteiger partial charge in [-0.05, 0) is 36.8 Å². The molecule has 1 heterocycles. The molecule has 3 rings (SSSR count). The van der Waals surface area contributed by atoms with Gasteiger partial charge >= 0.3 is 0 Å². The van der Waals surface area contributed by atoms with Gasteiger partial charge < -0.3 is 19.3 Å². The maximum Gasteiger partial charge on any atom is 0.258 e. The van der Waals surface area contributed by atoms with Gasteiger partial charge in [0.05, 0.1) is 25.6 Å². The summed E-state index contributed by atoms with van der Waals surface area (Å²) in [4.78, 5) is 17.1. The maximum atomic E-state index is 13.1. The maximum absolute atomic E-state index is 13.1. The first kappa shape index (κ1) is 16.2. The van der Waals surface area contributed by atoms with E-state index in [1.54, 1.807) is 32.4 Å². The minimum atomic E-state index is -0.0290. The van der Waals surface area contributed by atoms with Gasteiger partial charge in [0, 0.05) is 25.7 Å². The molecule has 5 nitrogen and oxygen atoms in total. The van der Waals surface area contributed by atoms with Gasteiger partial charge in [-0.2, -0.15) is 0 Å². The second kappa shape index (κ2) is 6.83. The Hall–Kier alpha value is -2.69. The first-order chi connectivity index (χ1) is 11.7. The van der Waals surface area contributed by atoms with Gasteiger partial charge in [-0.1, -0.05) is 12.1 Å². The molecule has 1 aliphatic heterocycles. The zero-order valence-corrected chi connectivity index (χ0v) is 14.3. The number of rotatable bonds is 3. The van der Waals surface area contributed by atoms with Crippen molar-refractivity contribution in [2.24, 2.45) is 0 Å². The van der Waals surface area contributed by atoms with Crippen molar-refractivity contribution in [3.63, 3.8) is 0 Å². The number of hydrogen-bond acceptors (Lipinski definition) is 4. The molecule has 0 spiro atoms. The predicted molar refractivity (Wildman–Crippen MR) is 95.6 cm³/mol. The molecule has 0 N–H and O–H groups in total. The van der Waals surface area contributed by atoms with Crippen molar-refractivity contribution in [1.82, 2.24) is 0 Å². The number of carbonyl (C=O) groups is 1. The molecule has 0 saturated heterocycles. The molecule has 5 heteroatoms. The Morgan fingerprint density at radius 2 is 1.67 bits per heavy atom. The van der Waals surface area contributed by atoms with Crippen LogP contribution in [-0.4, -0.2) is 40.3 Å².